The molecule has 41 heavy (non-hydrogen) atoms. The highest BCUT2D eigenvalue weighted by Gasteiger charge is 2.39. The number of likely N-dealkylation sites (tertiary alicyclic amines) is 2. The standard InChI is InChI=1S/C30H39N7O4/c1-19-26-25(36-11-13-39-14-12-36)5-8-32-28(26)34-23-15-22(33-24(16-31)27(23)40-19)20-6-9-35(10-7-20)21-17-37(18-21)29(38)41-30(2,3)4/h5,8,15,19-21H,6-7,9-14,17-18H2,1-4H3,(H,32,34). The number of aromatic nitrogens is 2. The molecule has 0 bridgehead atoms. The van der Waals surface area contributed by atoms with Crippen LogP contribution in [0, 0.1) is 11.3 Å². The monoisotopic (exact) mass is 561 g/mol. The molecule has 0 spiro atoms. The minimum absolute atomic E-state index is 0.236. The number of rotatable bonds is 3. The van der Waals surface area contributed by atoms with Crippen molar-refractivity contribution in [1.29, 1.82) is 5.26 Å². The average Bonchev–Trinajstić information content (AvgIpc) is 3.07. The molecule has 4 aliphatic rings. The van der Waals surface area contributed by atoms with Crippen LogP contribution in [-0.2, 0) is 9.47 Å². The Kier molecular flexibility index (Phi) is 7.38. The normalized spacial score (nSPS) is 21.9. The Labute approximate surface area is 241 Å². The molecule has 2 aromatic rings. The highest BCUT2D eigenvalue weighted by atomic mass is 16.6. The van der Waals surface area contributed by atoms with Gasteiger partial charge in [-0.3, -0.25) is 4.90 Å². The zero-order valence-corrected chi connectivity index (χ0v) is 24.4. The van der Waals surface area contributed by atoms with Crippen LogP contribution < -0.4 is 15.0 Å². The van der Waals surface area contributed by atoms with E-state index < -0.39 is 5.60 Å². The largest absolute Gasteiger partial charge is 0.481 e. The van der Waals surface area contributed by atoms with Crippen molar-refractivity contribution in [2.75, 3.05) is 62.7 Å². The Morgan fingerprint density at radius 3 is 2.59 bits per heavy atom. The van der Waals surface area contributed by atoms with E-state index in [1.54, 1.807) is 4.90 Å². The Morgan fingerprint density at radius 2 is 1.90 bits per heavy atom. The Morgan fingerprint density at radius 1 is 1.17 bits per heavy atom. The molecule has 2 aromatic heterocycles. The lowest BCUT2D eigenvalue weighted by molar-refractivity contribution is -0.0197. The molecule has 1 N–H and O–H groups in total. The molecule has 218 valence electrons. The number of hydrogen-bond acceptors (Lipinski definition) is 10. The van der Waals surface area contributed by atoms with Crippen molar-refractivity contribution in [3.8, 4) is 11.8 Å². The van der Waals surface area contributed by atoms with Gasteiger partial charge in [-0.25, -0.2) is 14.8 Å². The molecule has 0 saturated carbocycles. The second-order valence-corrected chi connectivity index (χ2v) is 12.3. The van der Waals surface area contributed by atoms with Crippen LogP contribution in [0.3, 0.4) is 0 Å². The van der Waals surface area contributed by atoms with E-state index in [1.165, 1.54) is 0 Å². The maximum absolute atomic E-state index is 12.3. The van der Waals surface area contributed by atoms with E-state index in [9.17, 15) is 10.1 Å². The number of amides is 1. The quantitative estimate of drug-likeness (QED) is 0.585. The first kappa shape index (κ1) is 27.5. The molecule has 3 fully saturated rings. The first-order valence-electron chi connectivity index (χ1n) is 14.6. The number of hydrogen-bond donors (Lipinski definition) is 1. The van der Waals surface area contributed by atoms with Crippen molar-refractivity contribution in [2.24, 2.45) is 0 Å². The van der Waals surface area contributed by atoms with Crippen molar-refractivity contribution >= 4 is 23.3 Å². The first-order chi connectivity index (χ1) is 19.7. The molecule has 1 atom stereocenters. The lowest BCUT2D eigenvalue weighted by Gasteiger charge is -2.47. The van der Waals surface area contributed by atoms with Crippen molar-refractivity contribution in [2.45, 2.75) is 64.2 Å². The maximum Gasteiger partial charge on any atom is 0.410 e. The van der Waals surface area contributed by atoms with Crippen LogP contribution in [0.15, 0.2) is 18.3 Å². The second-order valence-electron chi connectivity index (χ2n) is 12.3. The van der Waals surface area contributed by atoms with E-state index in [0.717, 1.165) is 67.5 Å². The number of morpholine rings is 1. The fourth-order valence-electron chi connectivity index (χ4n) is 6.18. The van der Waals surface area contributed by atoms with Gasteiger partial charge in [0.25, 0.3) is 0 Å². The van der Waals surface area contributed by atoms with Gasteiger partial charge in [-0.05, 0) is 65.8 Å². The Hall–Kier alpha value is -3.62. The summed E-state index contributed by atoms with van der Waals surface area (Å²) in [5.74, 6) is 1.46. The molecule has 4 aliphatic heterocycles. The maximum atomic E-state index is 12.3. The SMILES string of the molecule is CC1Oc2c(cc(C3CCN(C4CN(C(=O)OC(C)(C)C)C4)CC3)nc2C#N)Nc2nccc(N3CCOCC3)c21. The van der Waals surface area contributed by atoms with E-state index in [2.05, 4.69) is 26.2 Å². The predicted molar refractivity (Wildman–Crippen MR) is 154 cm³/mol. The number of anilines is 3. The zero-order valence-electron chi connectivity index (χ0n) is 24.4. The van der Waals surface area contributed by atoms with Crippen molar-refractivity contribution in [1.82, 2.24) is 19.8 Å². The molecule has 0 aromatic carbocycles. The summed E-state index contributed by atoms with van der Waals surface area (Å²) in [5.41, 5.74) is 3.51. The van der Waals surface area contributed by atoms with E-state index in [0.29, 0.717) is 43.8 Å². The summed E-state index contributed by atoms with van der Waals surface area (Å²) in [4.78, 5) is 28.3. The fourth-order valence-corrected chi connectivity index (χ4v) is 6.18. The molecule has 11 heteroatoms. The van der Waals surface area contributed by atoms with Crippen LogP contribution in [0.25, 0.3) is 0 Å². The van der Waals surface area contributed by atoms with Gasteiger partial charge < -0.3 is 29.3 Å². The number of fused-ring (bicyclic) bond motifs is 2. The van der Waals surface area contributed by atoms with Gasteiger partial charge in [0.05, 0.1) is 24.5 Å². The minimum atomic E-state index is -0.481. The van der Waals surface area contributed by atoms with Gasteiger partial charge in [-0.2, -0.15) is 5.26 Å². The van der Waals surface area contributed by atoms with Crippen LogP contribution in [0.2, 0.25) is 0 Å². The van der Waals surface area contributed by atoms with E-state index >= 15 is 0 Å². The smallest absolute Gasteiger partial charge is 0.410 e. The summed E-state index contributed by atoms with van der Waals surface area (Å²) in [7, 11) is 0. The third kappa shape index (κ3) is 5.63. The van der Waals surface area contributed by atoms with Crippen LogP contribution in [0.1, 0.15) is 69.5 Å². The van der Waals surface area contributed by atoms with Gasteiger partial charge in [0.1, 0.15) is 23.6 Å². The van der Waals surface area contributed by atoms with Crippen LogP contribution in [0.5, 0.6) is 5.75 Å². The second kappa shape index (κ2) is 11.0. The molecule has 0 radical (unpaired) electrons. The van der Waals surface area contributed by atoms with Crippen LogP contribution in [-0.4, -0.2) is 90.0 Å². The first-order valence-corrected chi connectivity index (χ1v) is 14.6. The van der Waals surface area contributed by atoms with Crippen LogP contribution >= 0.6 is 0 Å². The molecule has 3 saturated heterocycles. The van der Waals surface area contributed by atoms with Gasteiger partial charge in [0.15, 0.2) is 11.4 Å². The molecular formula is C30H39N7O4. The highest BCUT2D eigenvalue weighted by Crippen LogP contribution is 2.44. The summed E-state index contributed by atoms with van der Waals surface area (Å²) < 4.78 is 17.5. The topological polar surface area (TPSA) is 116 Å². The third-order valence-corrected chi connectivity index (χ3v) is 8.35. The van der Waals surface area contributed by atoms with E-state index in [-0.39, 0.29) is 18.1 Å². The minimum Gasteiger partial charge on any atom is -0.481 e. The van der Waals surface area contributed by atoms with Gasteiger partial charge >= 0.3 is 6.09 Å². The number of nitrogens with one attached hydrogen (secondary N) is 1. The summed E-state index contributed by atoms with van der Waals surface area (Å²) in [6.45, 7) is 13.9. The number of ether oxygens (including phenoxy) is 3. The molecule has 1 unspecified atom stereocenters. The third-order valence-electron chi connectivity index (χ3n) is 8.35. The van der Waals surface area contributed by atoms with Gasteiger partial charge in [-0.1, -0.05) is 0 Å². The molecule has 6 rings (SSSR count). The van der Waals surface area contributed by atoms with E-state index in [4.69, 9.17) is 19.2 Å². The lowest BCUT2D eigenvalue weighted by Crippen LogP contribution is -2.62. The molecule has 11 nitrogen and oxygen atoms in total. The highest BCUT2D eigenvalue weighted by molar-refractivity contribution is 5.75. The van der Waals surface area contributed by atoms with Gasteiger partial charge in [0, 0.05) is 55.7 Å². The van der Waals surface area contributed by atoms with Gasteiger partial charge in [0.2, 0.25) is 0 Å². The number of nitriles is 1. The van der Waals surface area contributed by atoms with E-state index in [1.807, 2.05) is 46.0 Å². The summed E-state index contributed by atoms with van der Waals surface area (Å²) in [6.07, 6.45) is 3.15. The summed E-state index contributed by atoms with van der Waals surface area (Å²) >= 11 is 0. The summed E-state index contributed by atoms with van der Waals surface area (Å²) in [5, 5.41) is 13.6. The summed E-state index contributed by atoms with van der Waals surface area (Å²) in [6, 6.07) is 6.70. The molecule has 1 amide bonds. The Bertz CT molecular complexity index is 1330. The number of pyridine rings is 2. The Balaban J connectivity index is 1.16. The van der Waals surface area contributed by atoms with Crippen molar-refractivity contribution in [3.05, 3.63) is 35.3 Å². The van der Waals surface area contributed by atoms with Crippen molar-refractivity contribution in [3.63, 3.8) is 0 Å². The number of carbonyl (C=O) groups is 1. The van der Waals surface area contributed by atoms with Gasteiger partial charge in [-0.15, -0.1) is 0 Å². The number of piperidine rings is 1. The average molecular weight is 562 g/mol. The van der Waals surface area contributed by atoms with Crippen molar-refractivity contribution < 1.29 is 19.0 Å². The fraction of sp³-hybridized carbons (Fsp3) is 0.600. The molecule has 0 aliphatic carbocycles. The predicted octanol–water partition coefficient (Wildman–Crippen LogP) is 4.18. The molecule has 6 heterocycles. The number of nitrogens with zero attached hydrogens (tertiary/aromatic N) is 6. The van der Waals surface area contributed by atoms with Crippen LogP contribution in [0.4, 0.5) is 22.0 Å². The molecular weight excluding hydrogens is 522 g/mol. The number of carbonyl (C=O) groups excluding carboxylic acids is 1. The lowest BCUT2D eigenvalue weighted by atomic mass is 9.90. The zero-order chi connectivity index (χ0) is 28.7.